The second-order valence-electron chi connectivity index (χ2n) is 6.39. The molecule has 0 radical (unpaired) electrons. The number of aromatic nitrogens is 2. The Balaban J connectivity index is 1.44. The lowest BCUT2D eigenvalue weighted by molar-refractivity contribution is 0.0398. The Morgan fingerprint density at radius 3 is 2.48 bits per heavy atom. The fraction of sp³-hybridized carbons (Fsp3) is 0.706. The zero-order valence-corrected chi connectivity index (χ0v) is 15.0. The molecule has 0 unspecified atom stereocenters. The van der Waals surface area contributed by atoms with E-state index in [1.54, 1.807) is 12.4 Å². The van der Waals surface area contributed by atoms with E-state index in [1.165, 1.54) is 0 Å². The zero-order valence-electron chi connectivity index (χ0n) is 15.0. The van der Waals surface area contributed by atoms with Gasteiger partial charge in [0.15, 0.2) is 0 Å². The van der Waals surface area contributed by atoms with Crippen LogP contribution in [-0.2, 0) is 4.74 Å². The van der Waals surface area contributed by atoms with Crippen LogP contribution in [0.1, 0.15) is 17.4 Å². The summed E-state index contributed by atoms with van der Waals surface area (Å²) in [5, 5.41) is 3.26. The third-order valence-corrected chi connectivity index (χ3v) is 4.82. The van der Waals surface area contributed by atoms with E-state index in [0.717, 1.165) is 72.1 Å². The molecule has 1 aromatic rings. The quantitative estimate of drug-likeness (QED) is 0.775. The minimum Gasteiger partial charge on any atom is -0.379 e. The molecule has 2 fully saturated rings. The van der Waals surface area contributed by atoms with Crippen LogP contribution in [0.4, 0.5) is 5.82 Å². The van der Waals surface area contributed by atoms with Gasteiger partial charge in [-0.15, -0.1) is 0 Å². The van der Waals surface area contributed by atoms with Crippen LogP contribution in [0.2, 0.25) is 0 Å². The summed E-state index contributed by atoms with van der Waals surface area (Å²) in [6.07, 6.45) is 3.22. The van der Waals surface area contributed by atoms with E-state index >= 15 is 0 Å². The van der Waals surface area contributed by atoms with Gasteiger partial charge >= 0.3 is 0 Å². The molecule has 0 bridgehead atoms. The normalized spacial score (nSPS) is 19.8. The molecule has 2 aliphatic rings. The lowest BCUT2D eigenvalue weighted by Gasteiger charge is -2.33. The number of carbonyl (C=O) groups is 1. The van der Waals surface area contributed by atoms with Gasteiger partial charge < -0.3 is 19.9 Å². The van der Waals surface area contributed by atoms with Gasteiger partial charge in [0.2, 0.25) is 0 Å². The highest BCUT2D eigenvalue weighted by atomic mass is 16.5. The lowest BCUT2D eigenvalue weighted by Crippen LogP contribution is -2.48. The highest BCUT2D eigenvalue weighted by molar-refractivity contribution is 5.92. The molecular weight excluding hydrogens is 320 g/mol. The van der Waals surface area contributed by atoms with E-state index in [0.29, 0.717) is 11.5 Å². The fourth-order valence-corrected chi connectivity index (χ4v) is 3.13. The molecule has 0 aromatic carbocycles. The molecule has 1 amide bonds. The molecule has 0 saturated carbocycles. The summed E-state index contributed by atoms with van der Waals surface area (Å²) >= 11 is 0. The van der Waals surface area contributed by atoms with Gasteiger partial charge in [0.05, 0.1) is 25.6 Å². The number of likely N-dealkylation sites (N-methyl/N-ethyl adjacent to an activating group) is 1. The third-order valence-electron chi connectivity index (χ3n) is 4.82. The Labute approximate surface area is 149 Å². The maximum absolute atomic E-state index is 12.5. The Bertz CT molecular complexity index is 539. The van der Waals surface area contributed by atoms with Crippen LogP contribution in [-0.4, -0.2) is 103 Å². The number of anilines is 1. The highest BCUT2D eigenvalue weighted by Crippen LogP contribution is 2.08. The first-order chi connectivity index (χ1) is 12.3. The molecule has 2 saturated heterocycles. The predicted octanol–water partition coefficient (Wildman–Crippen LogP) is -0.00160. The van der Waals surface area contributed by atoms with Crippen molar-refractivity contribution in [1.29, 1.82) is 0 Å². The first kappa shape index (κ1) is 18.0. The van der Waals surface area contributed by atoms with E-state index in [1.807, 2.05) is 4.90 Å². The fourth-order valence-electron chi connectivity index (χ4n) is 3.13. The van der Waals surface area contributed by atoms with E-state index in [2.05, 4.69) is 32.0 Å². The van der Waals surface area contributed by atoms with Crippen molar-refractivity contribution in [3.8, 4) is 0 Å². The second-order valence-corrected chi connectivity index (χ2v) is 6.39. The van der Waals surface area contributed by atoms with Crippen LogP contribution in [0.3, 0.4) is 0 Å². The molecular formula is C17H28N6O2. The number of nitrogens with one attached hydrogen (secondary N) is 1. The van der Waals surface area contributed by atoms with Crippen LogP contribution in [0, 0.1) is 0 Å². The number of hydrogen-bond acceptors (Lipinski definition) is 7. The van der Waals surface area contributed by atoms with Crippen LogP contribution >= 0.6 is 0 Å². The number of ether oxygens (including phenoxy) is 1. The van der Waals surface area contributed by atoms with Crippen molar-refractivity contribution in [2.24, 2.45) is 0 Å². The van der Waals surface area contributed by atoms with Crippen molar-refractivity contribution in [2.45, 2.75) is 6.92 Å². The number of morpholine rings is 1. The van der Waals surface area contributed by atoms with Gasteiger partial charge in [0, 0.05) is 52.4 Å². The Kier molecular flexibility index (Phi) is 6.55. The summed E-state index contributed by atoms with van der Waals surface area (Å²) < 4.78 is 5.34. The average molecular weight is 348 g/mol. The predicted molar refractivity (Wildman–Crippen MR) is 95.8 cm³/mol. The Morgan fingerprint density at radius 1 is 1.08 bits per heavy atom. The zero-order chi connectivity index (χ0) is 17.5. The van der Waals surface area contributed by atoms with E-state index in [-0.39, 0.29) is 5.91 Å². The van der Waals surface area contributed by atoms with E-state index in [9.17, 15) is 4.79 Å². The van der Waals surface area contributed by atoms with Gasteiger partial charge in [-0.25, -0.2) is 9.97 Å². The van der Waals surface area contributed by atoms with Crippen LogP contribution < -0.4 is 5.32 Å². The standard InChI is InChI=1S/C17H28N6O2/c1-2-21-5-7-23(8-6-21)17(24)15-13-20-16(14-19-15)18-3-4-22-9-11-25-12-10-22/h13-14H,2-12H2,1H3,(H,18,20). The monoisotopic (exact) mass is 348 g/mol. The summed E-state index contributed by atoms with van der Waals surface area (Å²) in [6.45, 7) is 11.9. The number of nitrogens with zero attached hydrogens (tertiary/aromatic N) is 5. The third kappa shape index (κ3) is 5.10. The summed E-state index contributed by atoms with van der Waals surface area (Å²) in [7, 11) is 0. The number of amides is 1. The molecule has 8 nitrogen and oxygen atoms in total. The van der Waals surface area contributed by atoms with Crippen molar-refractivity contribution >= 4 is 11.7 Å². The number of rotatable bonds is 6. The van der Waals surface area contributed by atoms with Crippen LogP contribution in [0.5, 0.6) is 0 Å². The van der Waals surface area contributed by atoms with Crippen molar-refractivity contribution < 1.29 is 9.53 Å². The molecule has 0 aliphatic carbocycles. The molecule has 2 aliphatic heterocycles. The van der Waals surface area contributed by atoms with Crippen molar-refractivity contribution in [3.63, 3.8) is 0 Å². The number of carbonyl (C=O) groups excluding carboxylic acids is 1. The number of hydrogen-bond donors (Lipinski definition) is 1. The molecule has 138 valence electrons. The number of piperazine rings is 1. The van der Waals surface area contributed by atoms with Crippen LogP contribution in [0.15, 0.2) is 12.4 Å². The first-order valence-corrected chi connectivity index (χ1v) is 9.14. The van der Waals surface area contributed by atoms with E-state index in [4.69, 9.17) is 4.74 Å². The molecule has 0 atom stereocenters. The lowest BCUT2D eigenvalue weighted by atomic mass is 10.3. The molecule has 1 N–H and O–H groups in total. The molecule has 3 heterocycles. The van der Waals surface area contributed by atoms with Crippen molar-refractivity contribution in [2.75, 3.05) is 77.4 Å². The van der Waals surface area contributed by atoms with Gasteiger partial charge in [-0.3, -0.25) is 9.69 Å². The summed E-state index contributed by atoms with van der Waals surface area (Å²) in [5.41, 5.74) is 0.420. The van der Waals surface area contributed by atoms with Gasteiger partial charge in [-0.1, -0.05) is 6.92 Å². The van der Waals surface area contributed by atoms with Crippen LogP contribution in [0.25, 0.3) is 0 Å². The maximum Gasteiger partial charge on any atom is 0.274 e. The summed E-state index contributed by atoms with van der Waals surface area (Å²) in [4.78, 5) is 27.7. The topological polar surface area (TPSA) is 73.8 Å². The first-order valence-electron chi connectivity index (χ1n) is 9.14. The van der Waals surface area contributed by atoms with Gasteiger partial charge in [0.25, 0.3) is 5.91 Å². The smallest absolute Gasteiger partial charge is 0.274 e. The van der Waals surface area contributed by atoms with Gasteiger partial charge in [-0.2, -0.15) is 0 Å². The minimum absolute atomic E-state index is 0.0249. The Hall–Kier alpha value is -1.77. The largest absolute Gasteiger partial charge is 0.379 e. The van der Waals surface area contributed by atoms with E-state index < -0.39 is 0 Å². The molecule has 8 heteroatoms. The van der Waals surface area contributed by atoms with Crippen molar-refractivity contribution in [3.05, 3.63) is 18.1 Å². The highest BCUT2D eigenvalue weighted by Gasteiger charge is 2.22. The summed E-state index contributed by atoms with van der Waals surface area (Å²) in [6, 6.07) is 0. The molecule has 1 aromatic heterocycles. The average Bonchev–Trinajstić information content (AvgIpc) is 2.69. The Morgan fingerprint density at radius 2 is 1.84 bits per heavy atom. The molecule has 3 rings (SSSR count). The van der Waals surface area contributed by atoms with Crippen molar-refractivity contribution in [1.82, 2.24) is 24.7 Å². The van der Waals surface area contributed by atoms with Gasteiger partial charge in [-0.05, 0) is 6.54 Å². The maximum atomic E-state index is 12.5. The SMILES string of the molecule is CCN1CCN(C(=O)c2cnc(NCCN3CCOCC3)cn2)CC1. The summed E-state index contributed by atoms with van der Waals surface area (Å²) in [5.74, 6) is 0.684. The molecule has 25 heavy (non-hydrogen) atoms. The van der Waals surface area contributed by atoms with Gasteiger partial charge in [0.1, 0.15) is 11.5 Å². The second kappa shape index (κ2) is 9.07. The molecule has 0 spiro atoms. The minimum atomic E-state index is -0.0249.